The van der Waals surface area contributed by atoms with Gasteiger partial charge < -0.3 is 10.3 Å². The third-order valence-corrected chi connectivity index (χ3v) is 4.02. The molecule has 2 nitrogen and oxygen atoms in total. The third kappa shape index (κ3) is 1.89. The summed E-state index contributed by atoms with van der Waals surface area (Å²) in [5.41, 5.74) is 8.98. The Morgan fingerprint density at radius 1 is 1.33 bits per heavy atom. The largest absolute Gasteiger partial charge is 0.324 e. The van der Waals surface area contributed by atoms with Gasteiger partial charge in [0, 0.05) is 22.4 Å². The minimum atomic E-state index is -0.220. The maximum atomic E-state index is 14.0. The van der Waals surface area contributed by atoms with Gasteiger partial charge in [-0.15, -0.1) is 0 Å². The van der Waals surface area contributed by atoms with E-state index in [0.717, 1.165) is 35.0 Å². The predicted octanol–water partition coefficient (Wildman–Crippen LogP) is 3.72. The second-order valence-corrected chi connectivity index (χ2v) is 5.60. The topological polar surface area (TPSA) is 30.9 Å². The lowest BCUT2D eigenvalue weighted by Gasteiger charge is -2.21. The zero-order valence-corrected chi connectivity index (χ0v) is 11.5. The molecule has 1 heterocycles. The number of nitrogens with zero attached hydrogens (tertiary/aromatic N) is 1. The summed E-state index contributed by atoms with van der Waals surface area (Å²) in [4.78, 5) is 0. The molecule has 0 fully saturated rings. The number of fused-ring (bicyclic) bond motifs is 1. The van der Waals surface area contributed by atoms with Crippen molar-refractivity contribution in [2.75, 3.05) is 0 Å². The van der Waals surface area contributed by atoms with Crippen LogP contribution in [0.15, 0.2) is 34.9 Å². The molecule has 0 aliphatic heterocycles. The van der Waals surface area contributed by atoms with Crippen LogP contribution in [0.1, 0.15) is 30.1 Å². The Morgan fingerprint density at radius 2 is 2.17 bits per heavy atom. The molecule has 3 rings (SSSR count). The van der Waals surface area contributed by atoms with Crippen LogP contribution in [0.5, 0.6) is 0 Å². The summed E-state index contributed by atoms with van der Waals surface area (Å²) < 4.78 is 16.7. The van der Waals surface area contributed by atoms with Gasteiger partial charge in [-0.25, -0.2) is 4.39 Å². The van der Waals surface area contributed by atoms with E-state index in [1.807, 2.05) is 22.9 Å². The molecule has 0 amide bonds. The normalized spacial score (nSPS) is 18.7. The molecule has 1 unspecified atom stereocenters. The number of aromatic nitrogens is 1. The van der Waals surface area contributed by atoms with Gasteiger partial charge in [-0.1, -0.05) is 15.9 Å². The number of benzene rings is 1. The van der Waals surface area contributed by atoms with Crippen molar-refractivity contribution < 1.29 is 4.39 Å². The van der Waals surface area contributed by atoms with Crippen molar-refractivity contribution in [1.29, 1.82) is 0 Å². The molecule has 0 saturated heterocycles. The highest BCUT2D eigenvalue weighted by Gasteiger charge is 2.21. The molecule has 2 N–H and O–H groups in total. The van der Waals surface area contributed by atoms with Crippen LogP contribution < -0.4 is 5.73 Å². The molecule has 0 bridgehead atoms. The van der Waals surface area contributed by atoms with Crippen molar-refractivity contribution in [3.63, 3.8) is 0 Å². The number of nitrogens with two attached hydrogens (primary N) is 1. The van der Waals surface area contributed by atoms with Gasteiger partial charge in [-0.3, -0.25) is 0 Å². The van der Waals surface area contributed by atoms with Crippen molar-refractivity contribution >= 4 is 15.9 Å². The molecule has 1 atom stereocenters. The van der Waals surface area contributed by atoms with Crippen molar-refractivity contribution in [3.05, 3.63) is 52.0 Å². The van der Waals surface area contributed by atoms with Crippen LogP contribution in [0.2, 0.25) is 0 Å². The van der Waals surface area contributed by atoms with E-state index in [1.165, 1.54) is 6.07 Å². The highest BCUT2D eigenvalue weighted by atomic mass is 79.9. The first-order chi connectivity index (χ1) is 8.66. The van der Waals surface area contributed by atoms with E-state index >= 15 is 0 Å². The number of hydrogen-bond donors (Lipinski definition) is 1. The van der Waals surface area contributed by atoms with Crippen LogP contribution in [0.25, 0.3) is 5.69 Å². The van der Waals surface area contributed by atoms with Crippen LogP contribution in [0.3, 0.4) is 0 Å². The standard InChI is InChI=1S/C14H14BrFN2/c15-9-4-5-14(11(16)8-9)18-7-6-10-12(17)2-1-3-13(10)18/h4-8,12H,1-3,17H2. The van der Waals surface area contributed by atoms with Crippen LogP contribution in [-0.4, -0.2) is 4.57 Å². The van der Waals surface area contributed by atoms with Crippen molar-refractivity contribution in [3.8, 4) is 5.69 Å². The first-order valence-corrected chi connectivity index (χ1v) is 6.87. The quantitative estimate of drug-likeness (QED) is 0.855. The van der Waals surface area contributed by atoms with Crippen LogP contribution in [0, 0.1) is 5.82 Å². The van der Waals surface area contributed by atoms with Crippen molar-refractivity contribution in [2.45, 2.75) is 25.3 Å². The Bertz CT molecular complexity index is 591. The molecule has 1 aromatic carbocycles. The first kappa shape index (κ1) is 11.9. The van der Waals surface area contributed by atoms with Crippen molar-refractivity contribution in [1.82, 2.24) is 4.57 Å². The number of rotatable bonds is 1. The summed E-state index contributed by atoms with van der Waals surface area (Å²) in [5.74, 6) is -0.220. The Kier molecular flexibility index (Phi) is 2.99. The summed E-state index contributed by atoms with van der Waals surface area (Å²) in [6, 6.07) is 7.24. The Hall–Kier alpha value is -1.13. The summed E-state index contributed by atoms with van der Waals surface area (Å²) in [6.07, 6.45) is 4.96. The van der Waals surface area contributed by atoms with Gasteiger partial charge >= 0.3 is 0 Å². The molecule has 94 valence electrons. The van der Waals surface area contributed by atoms with E-state index in [9.17, 15) is 4.39 Å². The van der Waals surface area contributed by atoms with E-state index < -0.39 is 0 Å². The maximum Gasteiger partial charge on any atom is 0.148 e. The highest BCUT2D eigenvalue weighted by Crippen LogP contribution is 2.31. The van der Waals surface area contributed by atoms with Crippen LogP contribution in [0.4, 0.5) is 4.39 Å². The zero-order chi connectivity index (χ0) is 12.7. The second-order valence-electron chi connectivity index (χ2n) is 4.68. The lowest BCUT2D eigenvalue weighted by atomic mass is 9.93. The van der Waals surface area contributed by atoms with Crippen molar-refractivity contribution in [2.24, 2.45) is 5.73 Å². The first-order valence-electron chi connectivity index (χ1n) is 6.08. The molecule has 4 heteroatoms. The summed E-state index contributed by atoms with van der Waals surface area (Å²) in [5, 5.41) is 0. The zero-order valence-electron chi connectivity index (χ0n) is 9.87. The molecule has 2 aromatic rings. The van der Waals surface area contributed by atoms with E-state index in [-0.39, 0.29) is 11.9 Å². The lowest BCUT2D eigenvalue weighted by molar-refractivity contribution is 0.555. The average molecular weight is 309 g/mol. The fraction of sp³-hybridized carbons (Fsp3) is 0.286. The van der Waals surface area contributed by atoms with E-state index in [4.69, 9.17) is 5.73 Å². The molecule has 0 spiro atoms. The molecular formula is C14H14BrFN2. The van der Waals surface area contributed by atoms with E-state index in [2.05, 4.69) is 15.9 Å². The monoisotopic (exact) mass is 308 g/mol. The van der Waals surface area contributed by atoms with E-state index in [1.54, 1.807) is 6.07 Å². The SMILES string of the molecule is NC1CCCc2c1ccn2-c1ccc(Br)cc1F. The van der Waals surface area contributed by atoms with Gasteiger partial charge in [0.05, 0.1) is 5.69 Å². The number of hydrogen-bond acceptors (Lipinski definition) is 1. The predicted molar refractivity (Wildman–Crippen MR) is 73.3 cm³/mol. The molecule has 1 aliphatic carbocycles. The second kappa shape index (κ2) is 4.52. The van der Waals surface area contributed by atoms with Gasteiger partial charge in [0.2, 0.25) is 0 Å². The summed E-state index contributed by atoms with van der Waals surface area (Å²) in [7, 11) is 0. The molecular weight excluding hydrogens is 295 g/mol. The summed E-state index contributed by atoms with van der Waals surface area (Å²) in [6.45, 7) is 0. The molecule has 1 aliphatic rings. The molecule has 1 aromatic heterocycles. The Balaban J connectivity index is 2.12. The van der Waals surface area contributed by atoms with Crippen LogP contribution in [-0.2, 0) is 6.42 Å². The third-order valence-electron chi connectivity index (χ3n) is 3.52. The smallest absolute Gasteiger partial charge is 0.148 e. The lowest BCUT2D eigenvalue weighted by Crippen LogP contribution is -2.18. The fourth-order valence-corrected chi connectivity index (χ4v) is 2.96. The van der Waals surface area contributed by atoms with Gasteiger partial charge in [-0.05, 0) is 49.1 Å². The van der Waals surface area contributed by atoms with Gasteiger partial charge in [-0.2, -0.15) is 0 Å². The molecule has 18 heavy (non-hydrogen) atoms. The van der Waals surface area contributed by atoms with Gasteiger partial charge in [0.25, 0.3) is 0 Å². The van der Waals surface area contributed by atoms with Gasteiger partial charge in [0.1, 0.15) is 5.82 Å². The Labute approximate surface area is 114 Å². The van der Waals surface area contributed by atoms with Gasteiger partial charge in [0.15, 0.2) is 0 Å². The maximum absolute atomic E-state index is 14.0. The molecule has 0 radical (unpaired) electrons. The summed E-state index contributed by atoms with van der Waals surface area (Å²) >= 11 is 3.27. The average Bonchev–Trinajstić information content (AvgIpc) is 2.74. The highest BCUT2D eigenvalue weighted by molar-refractivity contribution is 9.10. The Morgan fingerprint density at radius 3 is 2.94 bits per heavy atom. The molecule has 0 saturated carbocycles. The number of halogens is 2. The minimum Gasteiger partial charge on any atom is -0.324 e. The minimum absolute atomic E-state index is 0.0912. The van der Waals surface area contributed by atoms with Crippen LogP contribution >= 0.6 is 15.9 Å². The van der Waals surface area contributed by atoms with E-state index in [0.29, 0.717) is 5.69 Å². The fourth-order valence-electron chi connectivity index (χ4n) is 2.63.